The van der Waals surface area contributed by atoms with Crippen LogP contribution in [0.1, 0.15) is 39.7 Å². The van der Waals surface area contributed by atoms with E-state index in [1.165, 1.54) is 10.6 Å². The summed E-state index contributed by atoms with van der Waals surface area (Å²) in [5.74, 6) is 0. The topological polar surface area (TPSA) is 68.8 Å². The Morgan fingerprint density at radius 3 is 2.55 bits per heavy atom. The van der Waals surface area contributed by atoms with Crippen LogP contribution in [0.3, 0.4) is 0 Å². The van der Waals surface area contributed by atoms with Crippen LogP contribution in [-0.4, -0.2) is 43.9 Å². The Hall–Kier alpha value is -2.25. The number of benzene rings is 1. The maximum atomic E-state index is 12.4. The zero-order chi connectivity index (χ0) is 20.9. The Morgan fingerprint density at radius 1 is 1.21 bits per heavy atom. The summed E-state index contributed by atoms with van der Waals surface area (Å²) in [5, 5.41) is 6.02. The van der Waals surface area contributed by atoms with Gasteiger partial charge in [-0.1, -0.05) is 23.2 Å². The molecule has 1 fully saturated rings. The molecule has 1 aromatic carbocycles. The molecular formula is C20H22Cl2N4O3. The summed E-state index contributed by atoms with van der Waals surface area (Å²) in [6.07, 6.45) is 2.94. The summed E-state index contributed by atoms with van der Waals surface area (Å²) < 4.78 is 8.87. The Kier molecular flexibility index (Phi) is 4.99. The molecule has 1 amide bonds. The SMILES string of the molecule is CC(C)(C)OC(=O)N1CCC(n2ccc(=O)n3nc4cc(Cl)cc(Cl)c4c23)CC1. The standard InChI is InChI=1S/C20H22Cl2N4O3/c1-20(2,3)29-19(28)24-7-4-13(5-8-24)25-9-6-16(27)26-18(25)17-14(22)10-12(21)11-15(17)23-26/h6,9-11,13H,4-5,7-8H2,1-3H3. The zero-order valence-electron chi connectivity index (χ0n) is 16.5. The molecule has 9 heteroatoms. The molecular weight excluding hydrogens is 415 g/mol. The van der Waals surface area contributed by atoms with Crippen molar-refractivity contribution in [2.75, 3.05) is 13.1 Å². The third-order valence-corrected chi connectivity index (χ3v) is 5.52. The molecule has 0 aliphatic carbocycles. The largest absolute Gasteiger partial charge is 0.444 e. The summed E-state index contributed by atoms with van der Waals surface area (Å²) in [4.78, 5) is 26.5. The number of likely N-dealkylation sites (tertiary alicyclic amines) is 1. The number of halogens is 2. The van der Waals surface area contributed by atoms with Crippen LogP contribution in [0.2, 0.25) is 10.0 Å². The molecule has 1 saturated heterocycles. The van der Waals surface area contributed by atoms with Crippen LogP contribution in [0, 0.1) is 0 Å². The van der Waals surface area contributed by atoms with E-state index in [4.69, 9.17) is 27.9 Å². The molecule has 0 spiro atoms. The maximum absolute atomic E-state index is 12.4. The van der Waals surface area contributed by atoms with Crippen LogP contribution in [-0.2, 0) is 4.74 Å². The Bertz CT molecular complexity index is 1150. The van der Waals surface area contributed by atoms with Gasteiger partial charge in [0.2, 0.25) is 0 Å². The van der Waals surface area contributed by atoms with Crippen molar-refractivity contribution in [2.24, 2.45) is 0 Å². The smallest absolute Gasteiger partial charge is 0.410 e. The van der Waals surface area contributed by atoms with Gasteiger partial charge in [-0.15, -0.1) is 0 Å². The molecule has 29 heavy (non-hydrogen) atoms. The van der Waals surface area contributed by atoms with Crippen molar-refractivity contribution in [2.45, 2.75) is 45.3 Å². The second-order valence-electron chi connectivity index (χ2n) is 8.28. The third-order valence-electron chi connectivity index (χ3n) is 5.01. The van der Waals surface area contributed by atoms with Crippen molar-refractivity contribution in [3.63, 3.8) is 0 Å². The van der Waals surface area contributed by atoms with Gasteiger partial charge in [0.05, 0.1) is 15.9 Å². The fourth-order valence-electron chi connectivity index (χ4n) is 3.75. The molecule has 0 bridgehead atoms. The minimum atomic E-state index is -0.520. The van der Waals surface area contributed by atoms with E-state index >= 15 is 0 Å². The van der Waals surface area contributed by atoms with Crippen molar-refractivity contribution in [1.82, 2.24) is 19.1 Å². The lowest BCUT2D eigenvalue weighted by atomic mass is 10.0. The molecule has 0 atom stereocenters. The lowest BCUT2D eigenvalue weighted by Gasteiger charge is -2.34. The normalized spacial score (nSPS) is 16.0. The third kappa shape index (κ3) is 3.81. The van der Waals surface area contributed by atoms with E-state index in [1.807, 2.05) is 25.3 Å². The van der Waals surface area contributed by atoms with Crippen molar-refractivity contribution < 1.29 is 9.53 Å². The zero-order valence-corrected chi connectivity index (χ0v) is 18.0. The highest BCUT2D eigenvalue weighted by Crippen LogP contribution is 2.33. The van der Waals surface area contributed by atoms with Gasteiger partial charge in [0.1, 0.15) is 11.2 Å². The fraction of sp³-hybridized carbons (Fsp3) is 0.450. The molecule has 7 nitrogen and oxygen atoms in total. The minimum Gasteiger partial charge on any atom is -0.444 e. The average Bonchev–Trinajstić information content (AvgIpc) is 3.01. The van der Waals surface area contributed by atoms with Crippen LogP contribution in [0.4, 0.5) is 4.79 Å². The first-order valence-corrected chi connectivity index (χ1v) is 10.3. The van der Waals surface area contributed by atoms with Crippen molar-refractivity contribution in [1.29, 1.82) is 0 Å². The molecule has 0 N–H and O–H groups in total. The molecule has 0 unspecified atom stereocenters. The van der Waals surface area contributed by atoms with Crippen molar-refractivity contribution in [3.8, 4) is 0 Å². The first-order valence-electron chi connectivity index (χ1n) is 9.50. The van der Waals surface area contributed by atoms with Gasteiger partial charge in [-0.05, 0) is 45.7 Å². The van der Waals surface area contributed by atoms with E-state index in [1.54, 1.807) is 23.2 Å². The van der Waals surface area contributed by atoms with E-state index in [9.17, 15) is 9.59 Å². The lowest BCUT2D eigenvalue weighted by molar-refractivity contribution is 0.0189. The van der Waals surface area contributed by atoms with Crippen molar-refractivity contribution >= 4 is 45.8 Å². The molecule has 4 rings (SSSR count). The summed E-state index contributed by atoms with van der Waals surface area (Å²) in [5.41, 5.74) is 0.467. The van der Waals surface area contributed by atoms with E-state index in [0.717, 1.165) is 12.8 Å². The predicted molar refractivity (Wildman–Crippen MR) is 113 cm³/mol. The van der Waals surface area contributed by atoms with Gasteiger partial charge in [0.25, 0.3) is 5.56 Å². The highest BCUT2D eigenvalue weighted by Gasteiger charge is 2.28. The maximum Gasteiger partial charge on any atom is 0.410 e. The lowest BCUT2D eigenvalue weighted by Crippen LogP contribution is -2.42. The number of carbonyl (C=O) groups is 1. The molecule has 1 aliphatic heterocycles. The van der Waals surface area contributed by atoms with Crippen LogP contribution in [0.25, 0.3) is 16.6 Å². The molecule has 2 aromatic heterocycles. The number of nitrogens with zero attached hydrogens (tertiary/aromatic N) is 4. The number of carbonyl (C=O) groups excluding carboxylic acids is 1. The highest BCUT2D eigenvalue weighted by molar-refractivity contribution is 6.39. The second kappa shape index (κ2) is 7.22. The molecule has 0 radical (unpaired) electrons. The summed E-state index contributed by atoms with van der Waals surface area (Å²) >= 11 is 12.6. The quantitative estimate of drug-likeness (QED) is 0.561. The Balaban J connectivity index is 1.68. The second-order valence-corrected chi connectivity index (χ2v) is 9.12. The molecule has 3 heterocycles. The van der Waals surface area contributed by atoms with Gasteiger partial charge in [0, 0.05) is 36.4 Å². The van der Waals surface area contributed by atoms with Gasteiger partial charge >= 0.3 is 6.09 Å². The predicted octanol–water partition coefficient (Wildman–Crippen LogP) is 4.53. The summed E-state index contributed by atoms with van der Waals surface area (Å²) in [7, 11) is 0. The number of hydrogen-bond donors (Lipinski definition) is 0. The van der Waals surface area contributed by atoms with Crippen LogP contribution in [0.15, 0.2) is 29.2 Å². The molecule has 154 valence electrons. The van der Waals surface area contributed by atoms with E-state index < -0.39 is 5.60 Å². The van der Waals surface area contributed by atoms with E-state index in [0.29, 0.717) is 39.7 Å². The first kappa shape index (κ1) is 20.0. The number of hydrogen-bond acceptors (Lipinski definition) is 4. The number of ether oxygens (including phenoxy) is 1. The summed E-state index contributed by atoms with van der Waals surface area (Å²) in [6.45, 7) is 6.72. The fourth-order valence-corrected chi connectivity index (χ4v) is 4.31. The molecule has 1 aliphatic rings. The van der Waals surface area contributed by atoms with Gasteiger partial charge in [-0.3, -0.25) is 4.79 Å². The van der Waals surface area contributed by atoms with E-state index in [2.05, 4.69) is 5.10 Å². The van der Waals surface area contributed by atoms with Crippen LogP contribution in [0.5, 0.6) is 0 Å². The number of rotatable bonds is 1. The van der Waals surface area contributed by atoms with Gasteiger partial charge in [-0.25, -0.2) is 4.79 Å². The number of fused-ring (bicyclic) bond motifs is 3. The number of amides is 1. The Labute approximate surface area is 177 Å². The Morgan fingerprint density at radius 2 is 1.90 bits per heavy atom. The minimum absolute atomic E-state index is 0.100. The van der Waals surface area contributed by atoms with Crippen molar-refractivity contribution in [3.05, 3.63) is 44.8 Å². The van der Waals surface area contributed by atoms with E-state index in [-0.39, 0.29) is 17.7 Å². The van der Waals surface area contributed by atoms with Crippen LogP contribution < -0.4 is 5.56 Å². The molecule has 3 aromatic rings. The molecule has 0 saturated carbocycles. The van der Waals surface area contributed by atoms with Gasteiger partial charge in [0.15, 0.2) is 0 Å². The summed E-state index contributed by atoms with van der Waals surface area (Å²) in [6, 6.07) is 4.95. The number of aromatic nitrogens is 3. The number of piperidine rings is 1. The highest BCUT2D eigenvalue weighted by atomic mass is 35.5. The van der Waals surface area contributed by atoms with Gasteiger partial charge < -0.3 is 14.2 Å². The monoisotopic (exact) mass is 436 g/mol. The van der Waals surface area contributed by atoms with Gasteiger partial charge in [-0.2, -0.15) is 9.61 Å². The van der Waals surface area contributed by atoms with Crippen LogP contribution >= 0.6 is 23.2 Å². The average molecular weight is 437 g/mol. The first-order chi connectivity index (χ1) is 13.6.